The van der Waals surface area contributed by atoms with E-state index < -0.39 is 6.43 Å². The molecule has 1 aliphatic rings. The Hall–Kier alpha value is -2.87. The molecule has 1 saturated heterocycles. The third kappa shape index (κ3) is 4.18. The molecule has 0 radical (unpaired) electrons. The van der Waals surface area contributed by atoms with Gasteiger partial charge in [0.1, 0.15) is 6.54 Å². The van der Waals surface area contributed by atoms with Crippen molar-refractivity contribution >= 4 is 16.9 Å². The van der Waals surface area contributed by atoms with Crippen molar-refractivity contribution in [2.75, 3.05) is 20.1 Å². The number of fused-ring (bicyclic) bond motifs is 1. The van der Waals surface area contributed by atoms with Gasteiger partial charge in [-0.1, -0.05) is 30.3 Å². The molecule has 4 rings (SSSR count). The van der Waals surface area contributed by atoms with Gasteiger partial charge in [-0.15, -0.1) is 0 Å². The molecule has 2 aromatic heterocycles. The number of nitrogens with one attached hydrogen (secondary N) is 1. The van der Waals surface area contributed by atoms with Gasteiger partial charge in [-0.3, -0.25) is 4.79 Å². The molecule has 158 valence electrons. The van der Waals surface area contributed by atoms with E-state index in [1.54, 1.807) is 6.92 Å². The van der Waals surface area contributed by atoms with Gasteiger partial charge in [0, 0.05) is 17.2 Å². The first kappa shape index (κ1) is 20.4. The molecule has 1 aliphatic heterocycles. The lowest BCUT2D eigenvalue weighted by molar-refractivity contribution is -0.122. The summed E-state index contributed by atoms with van der Waals surface area (Å²) in [5, 5.41) is 7.72. The quantitative estimate of drug-likeness (QED) is 0.695. The molecule has 30 heavy (non-hydrogen) atoms. The number of aryl methyl sites for hydroxylation is 1. The normalized spacial score (nSPS) is 15.8. The first-order valence-electron chi connectivity index (χ1n) is 10.1. The summed E-state index contributed by atoms with van der Waals surface area (Å²) in [7, 11) is 2.06. The van der Waals surface area contributed by atoms with Crippen molar-refractivity contribution in [2.24, 2.45) is 0 Å². The Balaban J connectivity index is 1.66. The number of piperidine rings is 1. The van der Waals surface area contributed by atoms with Gasteiger partial charge < -0.3 is 10.2 Å². The van der Waals surface area contributed by atoms with Crippen molar-refractivity contribution in [3.8, 4) is 11.3 Å². The van der Waals surface area contributed by atoms with Crippen LogP contribution in [0.15, 0.2) is 36.4 Å². The molecule has 6 nitrogen and oxygen atoms in total. The zero-order chi connectivity index (χ0) is 21.3. The lowest BCUT2D eigenvalue weighted by atomic mass is 10.1. The van der Waals surface area contributed by atoms with Gasteiger partial charge in [-0.25, -0.2) is 18.4 Å². The van der Waals surface area contributed by atoms with Crippen molar-refractivity contribution in [1.82, 2.24) is 25.0 Å². The van der Waals surface area contributed by atoms with Gasteiger partial charge >= 0.3 is 0 Å². The molecule has 3 aromatic rings. The van der Waals surface area contributed by atoms with Gasteiger partial charge in [0.2, 0.25) is 5.91 Å². The van der Waals surface area contributed by atoms with E-state index in [1.807, 2.05) is 30.3 Å². The molecule has 0 bridgehead atoms. The Morgan fingerprint density at radius 2 is 1.93 bits per heavy atom. The highest BCUT2D eigenvalue weighted by molar-refractivity contribution is 5.87. The molecule has 8 heteroatoms. The van der Waals surface area contributed by atoms with E-state index in [9.17, 15) is 13.6 Å². The highest BCUT2D eigenvalue weighted by Gasteiger charge is 2.23. The van der Waals surface area contributed by atoms with Crippen molar-refractivity contribution in [2.45, 2.75) is 38.8 Å². The molecule has 1 aromatic carbocycles. The standard InChI is InChI=1S/C22H25F2N5O/c1-14-20-17(21(23)24)12-18(15-6-4-3-5-7-15)26-22(20)29(27-14)13-19(30)25-16-8-10-28(2)11-9-16/h3-7,12,16,21H,8-11,13H2,1-2H3,(H,25,30). The maximum absolute atomic E-state index is 13.8. The van der Waals surface area contributed by atoms with E-state index in [4.69, 9.17) is 0 Å². The fourth-order valence-corrected chi connectivity index (χ4v) is 3.99. The second-order valence-electron chi connectivity index (χ2n) is 7.85. The number of alkyl halides is 2. The largest absolute Gasteiger partial charge is 0.352 e. The molecule has 0 atom stereocenters. The summed E-state index contributed by atoms with van der Waals surface area (Å²) in [6.45, 7) is 3.50. The summed E-state index contributed by atoms with van der Waals surface area (Å²) >= 11 is 0. The van der Waals surface area contributed by atoms with Crippen LogP contribution in [0.4, 0.5) is 8.78 Å². The number of hydrogen-bond donors (Lipinski definition) is 1. The lowest BCUT2D eigenvalue weighted by Crippen LogP contribution is -2.44. The van der Waals surface area contributed by atoms with Crippen LogP contribution in [-0.2, 0) is 11.3 Å². The predicted molar refractivity (Wildman–Crippen MR) is 111 cm³/mol. The minimum Gasteiger partial charge on any atom is -0.352 e. The number of benzene rings is 1. The average molecular weight is 413 g/mol. The number of hydrogen-bond acceptors (Lipinski definition) is 4. The number of likely N-dealkylation sites (tertiary alicyclic amines) is 1. The Morgan fingerprint density at radius 3 is 2.60 bits per heavy atom. The number of amides is 1. The van der Waals surface area contributed by atoms with Crippen LogP contribution in [-0.4, -0.2) is 51.8 Å². The summed E-state index contributed by atoms with van der Waals surface area (Å²) in [6, 6.07) is 10.7. The smallest absolute Gasteiger partial charge is 0.264 e. The van der Waals surface area contributed by atoms with Crippen LogP contribution >= 0.6 is 0 Å². The zero-order valence-electron chi connectivity index (χ0n) is 17.1. The first-order chi connectivity index (χ1) is 14.4. The molecule has 0 aliphatic carbocycles. The summed E-state index contributed by atoms with van der Waals surface area (Å²) in [4.78, 5) is 19.5. The van der Waals surface area contributed by atoms with E-state index in [0.717, 1.165) is 31.5 Å². The van der Waals surface area contributed by atoms with Gasteiger partial charge in [0.05, 0.1) is 16.8 Å². The van der Waals surface area contributed by atoms with Crippen LogP contribution in [0, 0.1) is 6.92 Å². The van der Waals surface area contributed by atoms with Gasteiger partial charge in [-0.2, -0.15) is 5.10 Å². The van der Waals surface area contributed by atoms with E-state index in [-0.39, 0.29) is 24.1 Å². The van der Waals surface area contributed by atoms with Crippen LogP contribution in [0.5, 0.6) is 0 Å². The SMILES string of the molecule is Cc1nn(CC(=O)NC2CCN(C)CC2)c2nc(-c3ccccc3)cc(C(F)F)c12. The summed E-state index contributed by atoms with van der Waals surface area (Å²) in [6.07, 6.45) is -0.873. The fraction of sp³-hybridized carbons (Fsp3) is 0.409. The van der Waals surface area contributed by atoms with E-state index in [2.05, 4.69) is 27.3 Å². The Bertz CT molecular complexity index is 1040. The fourth-order valence-electron chi connectivity index (χ4n) is 3.99. The second-order valence-corrected chi connectivity index (χ2v) is 7.85. The molecule has 1 amide bonds. The molecule has 0 spiro atoms. The minimum atomic E-state index is -2.66. The molecular weight excluding hydrogens is 388 g/mol. The maximum atomic E-state index is 13.8. The second kappa shape index (κ2) is 8.47. The number of rotatable bonds is 5. The molecule has 3 heterocycles. The summed E-state index contributed by atoms with van der Waals surface area (Å²) in [5.41, 5.74) is 1.82. The third-order valence-corrected chi connectivity index (χ3v) is 5.59. The van der Waals surface area contributed by atoms with Crippen molar-refractivity contribution in [3.05, 3.63) is 47.7 Å². The molecule has 0 saturated carbocycles. The molecular formula is C22H25F2N5O. The van der Waals surface area contributed by atoms with Crippen LogP contribution < -0.4 is 5.32 Å². The minimum absolute atomic E-state index is 0.0510. The number of carbonyl (C=O) groups excluding carboxylic acids is 1. The van der Waals surface area contributed by atoms with Crippen LogP contribution in [0.2, 0.25) is 0 Å². The van der Waals surface area contributed by atoms with Crippen molar-refractivity contribution in [3.63, 3.8) is 0 Å². The highest BCUT2D eigenvalue weighted by Crippen LogP contribution is 2.33. The lowest BCUT2D eigenvalue weighted by Gasteiger charge is -2.29. The Morgan fingerprint density at radius 1 is 1.23 bits per heavy atom. The van der Waals surface area contributed by atoms with Gasteiger partial charge in [-0.05, 0) is 46.0 Å². The first-order valence-corrected chi connectivity index (χ1v) is 10.1. The Kier molecular flexibility index (Phi) is 5.76. The summed E-state index contributed by atoms with van der Waals surface area (Å²) in [5.74, 6) is -0.181. The predicted octanol–water partition coefficient (Wildman–Crippen LogP) is 3.55. The maximum Gasteiger partial charge on any atom is 0.264 e. The van der Waals surface area contributed by atoms with Crippen LogP contribution in [0.1, 0.15) is 30.5 Å². The van der Waals surface area contributed by atoms with E-state index in [1.165, 1.54) is 10.7 Å². The van der Waals surface area contributed by atoms with Crippen molar-refractivity contribution < 1.29 is 13.6 Å². The van der Waals surface area contributed by atoms with Gasteiger partial charge in [0.25, 0.3) is 6.43 Å². The van der Waals surface area contributed by atoms with E-state index >= 15 is 0 Å². The summed E-state index contributed by atoms with van der Waals surface area (Å²) < 4.78 is 29.1. The number of aromatic nitrogens is 3. The van der Waals surface area contributed by atoms with Gasteiger partial charge in [0.15, 0.2) is 5.65 Å². The molecule has 1 N–H and O–H groups in total. The topological polar surface area (TPSA) is 63.1 Å². The number of pyridine rings is 1. The zero-order valence-corrected chi connectivity index (χ0v) is 17.1. The van der Waals surface area contributed by atoms with E-state index in [0.29, 0.717) is 22.4 Å². The average Bonchev–Trinajstić information content (AvgIpc) is 3.05. The number of nitrogens with zero attached hydrogens (tertiary/aromatic N) is 4. The van der Waals surface area contributed by atoms with Crippen molar-refractivity contribution in [1.29, 1.82) is 0 Å². The highest BCUT2D eigenvalue weighted by atomic mass is 19.3. The Labute approximate surface area is 173 Å². The van der Waals surface area contributed by atoms with Crippen LogP contribution in [0.3, 0.4) is 0 Å². The molecule has 0 unspecified atom stereocenters. The number of carbonyl (C=O) groups is 1. The molecule has 1 fully saturated rings. The number of halogens is 2. The third-order valence-electron chi connectivity index (χ3n) is 5.59. The monoisotopic (exact) mass is 413 g/mol. The van der Waals surface area contributed by atoms with Crippen LogP contribution in [0.25, 0.3) is 22.3 Å².